The predicted octanol–water partition coefficient (Wildman–Crippen LogP) is 2.74. The SMILES string of the molecule is Cc1nc(N2C[C@@]3(CO)C[C@@H]2CO3)cc(-n2ncc3cc(C)c(C4CCN([C@H]5CCOC5)CC4)cc32)n1. The molecule has 0 aliphatic carbocycles. The van der Waals surface area contributed by atoms with Crippen LogP contribution in [0.1, 0.15) is 48.6 Å². The largest absolute Gasteiger partial charge is 0.393 e. The number of nitrogens with zero attached hydrogens (tertiary/aromatic N) is 6. The molecule has 37 heavy (non-hydrogen) atoms. The summed E-state index contributed by atoms with van der Waals surface area (Å²) in [5.74, 6) is 2.94. The zero-order chi connectivity index (χ0) is 25.1. The molecule has 2 aromatic heterocycles. The molecule has 0 amide bonds. The summed E-state index contributed by atoms with van der Waals surface area (Å²) in [6.45, 7) is 9.56. The summed E-state index contributed by atoms with van der Waals surface area (Å²) in [7, 11) is 0. The second kappa shape index (κ2) is 9.01. The average Bonchev–Trinajstić information content (AvgIpc) is 3.72. The molecule has 4 aliphatic rings. The molecule has 6 heterocycles. The number of aliphatic hydroxyl groups is 1. The van der Waals surface area contributed by atoms with Gasteiger partial charge in [0.2, 0.25) is 0 Å². The normalized spacial score (nSPS) is 28.7. The Kier molecular flexibility index (Phi) is 5.73. The lowest BCUT2D eigenvalue weighted by Crippen LogP contribution is -2.45. The molecular weight excluding hydrogens is 468 g/mol. The molecule has 196 valence electrons. The first-order valence-corrected chi connectivity index (χ1v) is 13.7. The van der Waals surface area contributed by atoms with Gasteiger partial charge in [0.15, 0.2) is 5.82 Å². The van der Waals surface area contributed by atoms with Crippen molar-refractivity contribution in [2.45, 2.75) is 63.1 Å². The molecule has 7 rings (SSSR count). The Hall–Kier alpha value is -2.59. The van der Waals surface area contributed by atoms with E-state index in [0.717, 1.165) is 55.3 Å². The number of rotatable bonds is 5. The molecule has 2 bridgehead atoms. The highest BCUT2D eigenvalue weighted by atomic mass is 16.5. The third-order valence-electron chi connectivity index (χ3n) is 9.05. The zero-order valence-electron chi connectivity index (χ0n) is 21.8. The van der Waals surface area contributed by atoms with Gasteiger partial charge in [0.05, 0.1) is 44.1 Å². The molecule has 1 N–H and O–H groups in total. The van der Waals surface area contributed by atoms with E-state index in [0.29, 0.717) is 30.9 Å². The Balaban J connectivity index is 1.18. The van der Waals surface area contributed by atoms with E-state index in [1.165, 1.54) is 30.4 Å². The van der Waals surface area contributed by atoms with Crippen LogP contribution in [0.4, 0.5) is 5.82 Å². The Morgan fingerprint density at radius 2 is 1.86 bits per heavy atom. The number of piperidine rings is 1. The summed E-state index contributed by atoms with van der Waals surface area (Å²) in [5.41, 5.74) is 3.40. The lowest BCUT2D eigenvalue weighted by molar-refractivity contribution is -0.0375. The molecule has 4 fully saturated rings. The highest BCUT2D eigenvalue weighted by molar-refractivity contribution is 5.82. The van der Waals surface area contributed by atoms with Gasteiger partial charge in [-0.2, -0.15) is 5.10 Å². The minimum atomic E-state index is -0.463. The van der Waals surface area contributed by atoms with Gasteiger partial charge in [0.1, 0.15) is 17.2 Å². The maximum absolute atomic E-state index is 9.90. The number of morpholine rings is 1. The van der Waals surface area contributed by atoms with Gasteiger partial charge in [-0.1, -0.05) is 0 Å². The number of ether oxygens (including phenoxy) is 2. The Morgan fingerprint density at radius 1 is 1.03 bits per heavy atom. The van der Waals surface area contributed by atoms with Gasteiger partial charge in [0.25, 0.3) is 0 Å². The molecular formula is C28H36N6O3. The second-order valence-electron chi connectivity index (χ2n) is 11.4. The Labute approximate surface area is 217 Å². The summed E-state index contributed by atoms with van der Waals surface area (Å²) in [6.07, 6.45) is 6.30. The van der Waals surface area contributed by atoms with E-state index in [9.17, 15) is 5.11 Å². The minimum Gasteiger partial charge on any atom is -0.393 e. The highest BCUT2D eigenvalue weighted by Crippen LogP contribution is 2.40. The molecule has 1 aromatic carbocycles. The number of benzene rings is 1. The van der Waals surface area contributed by atoms with Crippen LogP contribution in [0, 0.1) is 13.8 Å². The number of hydrogen-bond donors (Lipinski definition) is 1. The van der Waals surface area contributed by atoms with E-state index in [1.807, 2.05) is 23.9 Å². The lowest BCUT2D eigenvalue weighted by atomic mass is 9.86. The van der Waals surface area contributed by atoms with Crippen molar-refractivity contribution in [1.82, 2.24) is 24.6 Å². The zero-order valence-corrected chi connectivity index (χ0v) is 21.8. The second-order valence-corrected chi connectivity index (χ2v) is 11.4. The standard InChI is InChI=1S/C28H36N6O3/c1-18-9-21-13-29-34(25(21)10-24(18)20-3-6-32(7-4-20)22-5-8-36-14-22)27-11-26(30-19(2)31-27)33-16-28(17-35)12-23(33)15-37-28/h9-11,13,20,22-23,35H,3-8,12,14-17H2,1-2H3/t22-,23+,28+/m0/s1. The molecule has 0 spiro atoms. The number of fused-ring (bicyclic) bond motifs is 3. The first kappa shape index (κ1) is 23.5. The molecule has 4 saturated heterocycles. The van der Waals surface area contributed by atoms with Gasteiger partial charge in [-0.05, 0) is 75.4 Å². The molecule has 4 aliphatic heterocycles. The lowest BCUT2D eigenvalue weighted by Gasteiger charge is -2.36. The van der Waals surface area contributed by atoms with Gasteiger partial charge >= 0.3 is 0 Å². The van der Waals surface area contributed by atoms with Crippen molar-refractivity contribution < 1.29 is 14.6 Å². The van der Waals surface area contributed by atoms with Gasteiger partial charge in [-0.25, -0.2) is 14.6 Å². The van der Waals surface area contributed by atoms with E-state index in [1.54, 1.807) is 0 Å². The summed E-state index contributed by atoms with van der Waals surface area (Å²) in [5, 5.41) is 15.8. The molecule has 0 saturated carbocycles. The van der Waals surface area contributed by atoms with Crippen molar-refractivity contribution in [3.8, 4) is 5.82 Å². The predicted molar refractivity (Wildman–Crippen MR) is 140 cm³/mol. The smallest absolute Gasteiger partial charge is 0.159 e. The fourth-order valence-electron chi connectivity index (χ4n) is 7.00. The molecule has 0 unspecified atom stereocenters. The van der Waals surface area contributed by atoms with Gasteiger partial charge < -0.3 is 19.5 Å². The number of likely N-dealkylation sites (tertiary alicyclic amines) is 1. The van der Waals surface area contributed by atoms with Crippen LogP contribution in [0.3, 0.4) is 0 Å². The fourth-order valence-corrected chi connectivity index (χ4v) is 7.00. The van der Waals surface area contributed by atoms with E-state index in [2.05, 4.69) is 28.9 Å². The van der Waals surface area contributed by atoms with Crippen LogP contribution < -0.4 is 4.90 Å². The van der Waals surface area contributed by atoms with Crippen LogP contribution in [-0.2, 0) is 9.47 Å². The van der Waals surface area contributed by atoms with Gasteiger partial charge in [0, 0.05) is 30.5 Å². The monoisotopic (exact) mass is 504 g/mol. The van der Waals surface area contributed by atoms with Crippen LogP contribution in [0.25, 0.3) is 16.7 Å². The number of aromatic nitrogens is 4. The number of aryl methyl sites for hydroxylation is 2. The van der Waals surface area contributed by atoms with Crippen molar-refractivity contribution >= 4 is 16.7 Å². The number of anilines is 1. The first-order valence-electron chi connectivity index (χ1n) is 13.7. The Bertz CT molecular complexity index is 1310. The molecule has 9 heteroatoms. The van der Waals surface area contributed by atoms with E-state index in [-0.39, 0.29) is 12.6 Å². The Morgan fingerprint density at radius 3 is 2.62 bits per heavy atom. The maximum atomic E-state index is 9.90. The van der Waals surface area contributed by atoms with Crippen LogP contribution in [-0.4, -0.2) is 93.5 Å². The van der Waals surface area contributed by atoms with Crippen molar-refractivity contribution in [3.05, 3.63) is 41.3 Å². The molecule has 3 atom stereocenters. The topological polar surface area (TPSA) is 88.8 Å². The number of hydrogen-bond acceptors (Lipinski definition) is 8. The molecule has 0 radical (unpaired) electrons. The van der Waals surface area contributed by atoms with Crippen LogP contribution in [0.15, 0.2) is 24.4 Å². The van der Waals surface area contributed by atoms with Crippen molar-refractivity contribution in [2.75, 3.05) is 51.0 Å². The van der Waals surface area contributed by atoms with Crippen LogP contribution >= 0.6 is 0 Å². The van der Waals surface area contributed by atoms with E-state index < -0.39 is 5.60 Å². The van der Waals surface area contributed by atoms with Crippen LogP contribution in [0.5, 0.6) is 0 Å². The van der Waals surface area contributed by atoms with Gasteiger partial charge in [-0.3, -0.25) is 4.90 Å². The van der Waals surface area contributed by atoms with Crippen molar-refractivity contribution in [3.63, 3.8) is 0 Å². The third kappa shape index (κ3) is 4.03. The van der Waals surface area contributed by atoms with Gasteiger partial charge in [-0.15, -0.1) is 0 Å². The fraction of sp³-hybridized carbons (Fsp3) is 0.607. The maximum Gasteiger partial charge on any atom is 0.159 e. The summed E-state index contributed by atoms with van der Waals surface area (Å²) >= 11 is 0. The first-order chi connectivity index (χ1) is 18.0. The minimum absolute atomic E-state index is 0.0379. The van der Waals surface area contributed by atoms with Crippen molar-refractivity contribution in [1.29, 1.82) is 0 Å². The third-order valence-corrected chi connectivity index (χ3v) is 9.05. The molecule has 3 aromatic rings. The van der Waals surface area contributed by atoms with Crippen LogP contribution in [0.2, 0.25) is 0 Å². The van der Waals surface area contributed by atoms with E-state index >= 15 is 0 Å². The summed E-state index contributed by atoms with van der Waals surface area (Å²) in [4.78, 5) is 14.4. The van der Waals surface area contributed by atoms with E-state index in [4.69, 9.17) is 24.5 Å². The quantitative estimate of drug-likeness (QED) is 0.568. The number of aliphatic hydroxyl groups excluding tert-OH is 1. The average molecular weight is 505 g/mol. The highest BCUT2D eigenvalue weighted by Gasteiger charge is 2.51. The summed E-state index contributed by atoms with van der Waals surface area (Å²) < 4.78 is 13.5. The molecule has 9 nitrogen and oxygen atoms in total. The van der Waals surface area contributed by atoms with Crippen molar-refractivity contribution in [2.24, 2.45) is 0 Å². The summed E-state index contributed by atoms with van der Waals surface area (Å²) in [6, 6.07) is 7.50.